The third-order valence-electron chi connectivity index (χ3n) is 5.55. The zero-order chi connectivity index (χ0) is 16.6. The van der Waals surface area contributed by atoms with Gasteiger partial charge < -0.3 is 9.84 Å². The lowest BCUT2D eigenvalue weighted by Gasteiger charge is -2.47. The molecule has 3 rings (SSSR count). The summed E-state index contributed by atoms with van der Waals surface area (Å²) in [5, 5.41) is 10.6. The van der Waals surface area contributed by atoms with Crippen LogP contribution in [0.25, 0.3) is 0 Å². The van der Waals surface area contributed by atoms with E-state index in [0.29, 0.717) is 30.3 Å². The maximum absolute atomic E-state index is 12.0. The molecule has 3 heteroatoms. The highest BCUT2D eigenvalue weighted by Gasteiger charge is 2.47. The molecular weight excluding hydrogens is 288 g/mol. The van der Waals surface area contributed by atoms with Crippen LogP contribution in [0.3, 0.4) is 0 Å². The number of benzene rings is 1. The van der Waals surface area contributed by atoms with Gasteiger partial charge in [-0.05, 0) is 50.8 Å². The summed E-state index contributed by atoms with van der Waals surface area (Å²) in [7, 11) is 0. The van der Waals surface area contributed by atoms with E-state index >= 15 is 0 Å². The number of carbonyl (C=O) groups excluding carboxylic acids is 1. The number of Topliss-reactive ketones (excluding diaryl/α,β-unsaturated/α-hetero) is 1. The van der Waals surface area contributed by atoms with Crippen molar-refractivity contribution >= 4 is 5.78 Å². The standard InChI is InChI=1S/C20H28O3/c1-4-5-6-7-13-10-17(22)19-15-12-14(21)8-9-16(15)20(2,3)23-18(19)11-13/h10-11,15-16,22H,4-9,12H2,1-3H3/t15-,16+/m0/s1. The Morgan fingerprint density at radius 2 is 2.09 bits per heavy atom. The molecule has 23 heavy (non-hydrogen) atoms. The van der Waals surface area contributed by atoms with Gasteiger partial charge in [0.25, 0.3) is 0 Å². The molecule has 3 nitrogen and oxygen atoms in total. The lowest BCUT2D eigenvalue weighted by Crippen LogP contribution is -2.47. The summed E-state index contributed by atoms with van der Waals surface area (Å²) in [6.07, 6.45) is 6.50. The van der Waals surface area contributed by atoms with E-state index in [1.165, 1.54) is 12.8 Å². The molecule has 1 N–H and O–H groups in total. The molecule has 0 saturated heterocycles. The highest BCUT2D eigenvalue weighted by Crippen LogP contribution is 2.53. The smallest absolute Gasteiger partial charge is 0.133 e. The van der Waals surface area contributed by atoms with Gasteiger partial charge in [0.1, 0.15) is 22.9 Å². The van der Waals surface area contributed by atoms with Crippen LogP contribution in [0.15, 0.2) is 12.1 Å². The van der Waals surface area contributed by atoms with E-state index < -0.39 is 0 Å². The number of fused-ring (bicyclic) bond motifs is 3. The highest BCUT2D eigenvalue weighted by molar-refractivity contribution is 5.81. The number of phenolic OH excluding ortho intramolecular Hbond substituents is 1. The van der Waals surface area contributed by atoms with Crippen molar-refractivity contribution in [2.75, 3.05) is 0 Å². The van der Waals surface area contributed by atoms with Crippen LogP contribution in [-0.2, 0) is 11.2 Å². The summed E-state index contributed by atoms with van der Waals surface area (Å²) in [5.41, 5.74) is 1.71. The van der Waals surface area contributed by atoms with E-state index in [4.69, 9.17) is 4.74 Å². The highest BCUT2D eigenvalue weighted by atomic mass is 16.5. The van der Waals surface area contributed by atoms with Gasteiger partial charge in [-0.2, -0.15) is 0 Å². The quantitative estimate of drug-likeness (QED) is 0.815. The minimum Gasteiger partial charge on any atom is -0.508 e. The first-order valence-corrected chi connectivity index (χ1v) is 8.99. The molecular formula is C20H28O3. The number of aryl methyl sites for hydroxylation is 1. The number of aromatic hydroxyl groups is 1. The molecule has 0 bridgehead atoms. The summed E-state index contributed by atoms with van der Waals surface area (Å²) in [6.45, 7) is 6.42. The second-order valence-corrected chi connectivity index (χ2v) is 7.68. The maximum atomic E-state index is 12.0. The zero-order valence-corrected chi connectivity index (χ0v) is 14.5. The lowest BCUT2D eigenvalue weighted by molar-refractivity contribution is -0.124. The number of ether oxygens (including phenoxy) is 1. The molecule has 1 heterocycles. The Balaban J connectivity index is 1.96. The molecule has 0 aromatic heterocycles. The predicted octanol–water partition coefficient (Wildman–Crippen LogP) is 4.75. The minimum absolute atomic E-state index is 0.0969. The fourth-order valence-electron chi connectivity index (χ4n) is 4.35. The monoisotopic (exact) mass is 316 g/mol. The van der Waals surface area contributed by atoms with Crippen LogP contribution in [0.5, 0.6) is 11.5 Å². The van der Waals surface area contributed by atoms with Crippen molar-refractivity contribution in [1.82, 2.24) is 0 Å². The SMILES string of the molecule is CCCCCc1cc(O)c2c(c1)OC(C)(C)[C@@H]1CCC(=O)C[C@H]21. The molecule has 0 amide bonds. The second kappa shape index (κ2) is 6.18. The van der Waals surface area contributed by atoms with Gasteiger partial charge in [0.05, 0.1) is 0 Å². The van der Waals surface area contributed by atoms with Crippen molar-refractivity contribution in [3.8, 4) is 11.5 Å². The largest absolute Gasteiger partial charge is 0.508 e. The third-order valence-corrected chi connectivity index (χ3v) is 5.55. The van der Waals surface area contributed by atoms with Crippen LogP contribution in [0.1, 0.15) is 76.3 Å². The predicted molar refractivity (Wildman–Crippen MR) is 91.1 cm³/mol. The van der Waals surface area contributed by atoms with E-state index in [9.17, 15) is 9.90 Å². The number of ketones is 1. The molecule has 0 radical (unpaired) electrons. The number of rotatable bonds is 4. The average molecular weight is 316 g/mol. The number of unbranched alkanes of at least 4 members (excludes halogenated alkanes) is 2. The summed E-state index contributed by atoms with van der Waals surface area (Å²) in [5.74, 6) is 1.80. The maximum Gasteiger partial charge on any atom is 0.133 e. The van der Waals surface area contributed by atoms with Gasteiger partial charge in [-0.3, -0.25) is 4.79 Å². The third kappa shape index (κ3) is 3.11. The zero-order valence-electron chi connectivity index (χ0n) is 14.5. The van der Waals surface area contributed by atoms with Gasteiger partial charge in [0.15, 0.2) is 0 Å². The van der Waals surface area contributed by atoms with E-state index in [1.807, 2.05) is 6.07 Å². The van der Waals surface area contributed by atoms with Crippen molar-refractivity contribution in [3.05, 3.63) is 23.3 Å². The van der Waals surface area contributed by atoms with Gasteiger partial charge in [-0.25, -0.2) is 0 Å². The topological polar surface area (TPSA) is 46.5 Å². The van der Waals surface area contributed by atoms with Crippen molar-refractivity contribution in [2.45, 2.75) is 77.2 Å². The fraction of sp³-hybridized carbons (Fsp3) is 0.650. The average Bonchev–Trinajstić information content (AvgIpc) is 2.46. The number of carbonyl (C=O) groups is 1. The van der Waals surface area contributed by atoms with Crippen LogP contribution in [0.4, 0.5) is 0 Å². The molecule has 126 valence electrons. The van der Waals surface area contributed by atoms with Crippen LogP contribution in [-0.4, -0.2) is 16.5 Å². The van der Waals surface area contributed by atoms with Crippen LogP contribution < -0.4 is 4.74 Å². The molecule has 0 unspecified atom stereocenters. The number of hydrogen-bond donors (Lipinski definition) is 1. The van der Waals surface area contributed by atoms with Crippen LogP contribution >= 0.6 is 0 Å². The van der Waals surface area contributed by atoms with Crippen molar-refractivity contribution < 1.29 is 14.6 Å². The van der Waals surface area contributed by atoms with Gasteiger partial charge in [-0.15, -0.1) is 0 Å². The molecule has 1 aliphatic carbocycles. The molecule has 1 aliphatic heterocycles. The normalized spacial score (nSPS) is 25.4. The Morgan fingerprint density at radius 1 is 1.30 bits per heavy atom. The van der Waals surface area contributed by atoms with Gasteiger partial charge in [0, 0.05) is 30.2 Å². The number of hydrogen-bond acceptors (Lipinski definition) is 3. The Kier molecular flexibility index (Phi) is 4.39. The molecule has 1 aromatic rings. The first-order valence-electron chi connectivity index (χ1n) is 8.99. The van der Waals surface area contributed by atoms with E-state index in [2.05, 4.69) is 26.8 Å². The first-order chi connectivity index (χ1) is 10.9. The van der Waals surface area contributed by atoms with Gasteiger partial charge >= 0.3 is 0 Å². The summed E-state index contributed by atoms with van der Waals surface area (Å²) >= 11 is 0. The molecule has 0 spiro atoms. The summed E-state index contributed by atoms with van der Waals surface area (Å²) < 4.78 is 6.28. The summed E-state index contributed by atoms with van der Waals surface area (Å²) in [4.78, 5) is 12.0. The minimum atomic E-state index is -0.285. The van der Waals surface area contributed by atoms with E-state index in [1.54, 1.807) is 0 Å². The molecule has 1 aromatic carbocycles. The van der Waals surface area contributed by atoms with E-state index in [0.717, 1.165) is 36.1 Å². The molecule has 2 aliphatic rings. The Labute approximate surface area is 139 Å². The van der Waals surface area contributed by atoms with Crippen molar-refractivity contribution in [2.24, 2.45) is 5.92 Å². The fourth-order valence-corrected chi connectivity index (χ4v) is 4.35. The Morgan fingerprint density at radius 3 is 2.83 bits per heavy atom. The lowest BCUT2D eigenvalue weighted by atomic mass is 9.66. The van der Waals surface area contributed by atoms with E-state index in [-0.39, 0.29) is 11.5 Å². The first kappa shape index (κ1) is 16.4. The summed E-state index contributed by atoms with van der Waals surface area (Å²) in [6, 6.07) is 3.97. The van der Waals surface area contributed by atoms with Crippen molar-refractivity contribution in [1.29, 1.82) is 0 Å². The van der Waals surface area contributed by atoms with Crippen LogP contribution in [0.2, 0.25) is 0 Å². The van der Waals surface area contributed by atoms with Gasteiger partial charge in [-0.1, -0.05) is 19.8 Å². The van der Waals surface area contributed by atoms with Crippen molar-refractivity contribution in [3.63, 3.8) is 0 Å². The number of phenols is 1. The molecule has 1 saturated carbocycles. The second-order valence-electron chi connectivity index (χ2n) is 7.68. The molecule has 2 atom stereocenters. The Bertz CT molecular complexity index is 603. The Hall–Kier alpha value is -1.51. The van der Waals surface area contributed by atoms with Gasteiger partial charge in [0.2, 0.25) is 0 Å². The molecule has 1 fully saturated rings. The van der Waals surface area contributed by atoms with Crippen LogP contribution in [0, 0.1) is 5.92 Å².